The SMILES string of the molecule is Cn1cc(-c2cnc3onc(C(F)(F)c4ccc5ncccc5c4)c3c2)cn1. The summed E-state index contributed by atoms with van der Waals surface area (Å²) in [7, 11) is 1.78. The van der Waals surface area contributed by atoms with Crippen molar-refractivity contribution in [2.45, 2.75) is 5.92 Å². The van der Waals surface area contributed by atoms with Gasteiger partial charge in [0.2, 0.25) is 0 Å². The van der Waals surface area contributed by atoms with Gasteiger partial charge in [0, 0.05) is 47.7 Å². The number of rotatable bonds is 3. The summed E-state index contributed by atoms with van der Waals surface area (Å²) < 4.78 is 37.4. The van der Waals surface area contributed by atoms with E-state index in [0.717, 1.165) is 5.56 Å². The summed E-state index contributed by atoms with van der Waals surface area (Å²) in [5, 5.41) is 8.53. The average molecular weight is 377 g/mol. The Morgan fingerprint density at radius 1 is 1.04 bits per heavy atom. The number of pyridine rings is 2. The molecule has 4 heterocycles. The van der Waals surface area contributed by atoms with E-state index < -0.39 is 11.6 Å². The molecule has 0 fully saturated rings. The van der Waals surface area contributed by atoms with Gasteiger partial charge in [0.1, 0.15) is 0 Å². The minimum atomic E-state index is -3.36. The van der Waals surface area contributed by atoms with Crippen LogP contribution in [0.3, 0.4) is 0 Å². The summed E-state index contributed by atoms with van der Waals surface area (Å²) in [6.07, 6.45) is 6.60. The van der Waals surface area contributed by atoms with Gasteiger partial charge in [-0.3, -0.25) is 9.67 Å². The number of halogens is 2. The van der Waals surface area contributed by atoms with Crippen molar-refractivity contribution in [3.63, 3.8) is 0 Å². The van der Waals surface area contributed by atoms with Gasteiger partial charge in [-0.25, -0.2) is 4.98 Å². The summed E-state index contributed by atoms with van der Waals surface area (Å²) >= 11 is 0. The molecule has 0 saturated heterocycles. The zero-order valence-corrected chi connectivity index (χ0v) is 14.7. The highest BCUT2D eigenvalue weighted by atomic mass is 19.3. The first-order valence-electron chi connectivity index (χ1n) is 8.50. The second-order valence-electron chi connectivity index (χ2n) is 6.50. The van der Waals surface area contributed by atoms with Gasteiger partial charge in [0.05, 0.1) is 17.1 Å². The van der Waals surface area contributed by atoms with Crippen molar-refractivity contribution in [1.29, 1.82) is 0 Å². The van der Waals surface area contributed by atoms with Crippen LogP contribution in [0.4, 0.5) is 8.78 Å². The predicted molar refractivity (Wildman–Crippen MR) is 98.7 cm³/mol. The van der Waals surface area contributed by atoms with Crippen LogP contribution in [-0.4, -0.2) is 24.9 Å². The van der Waals surface area contributed by atoms with Gasteiger partial charge in [0.25, 0.3) is 5.71 Å². The lowest BCUT2D eigenvalue weighted by molar-refractivity contribution is 0.0362. The van der Waals surface area contributed by atoms with Gasteiger partial charge in [-0.2, -0.15) is 13.9 Å². The first-order chi connectivity index (χ1) is 13.5. The molecule has 0 radical (unpaired) electrons. The van der Waals surface area contributed by atoms with Crippen molar-refractivity contribution >= 4 is 22.0 Å². The van der Waals surface area contributed by atoms with Crippen molar-refractivity contribution in [2.24, 2.45) is 7.05 Å². The van der Waals surface area contributed by atoms with Crippen molar-refractivity contribution in [3.8, 4) is 11.1 Å². The Morgan fingerprint density at radius 2 is 1.93 bits per heavy atom. The highest BCUT2D eigenvalue weighted by Crippen LogP contribution is 2.40. The quantitative estimate of drug-likeness (QED) is 0.469. The Kier molecular flexibility index (Phi) is 3.48. The third kappa shape index (κ3) is 2.53. The molecule has 0 unspecified atom stereocenters. The molecular weight excluding hydrogens is 364 g/mol. The molecule has 0 N–H and O–H groups in total. The first-order valence-corrected chi connectivity index (χ1v) is 8.50. The van der Waals surface area contributed by atoms with Crippen LogP contribution in [0.1, 0.15) is 11.3 Å². The maximum Gasteiger partial charge on any atom is 0.319 e. The van der Waals surface area contributed by atoms with Crippen molar-refractivity contribution in [3.05, 3.63) is 72.4 Å². The number of aryl methyl sites for hydroxylation is 1. The number of hydrogen-bond donors (Lipinski definition) is 0. The van der Waals surface area contributed by atoms with E-state index in [9.17, 15) is 0 Å². The molecule has 0 spiro atoms. The maximum absolute atomic E-state index is 15.3. The molecular formula is C20H13F2N5O. The fraction of sp³-hybridized carbons (Fsp3) is 0.100. The Hall–Kier alpha value is -3.68. The van der Waals surface area contributed by atoms with E-state index in [1.54, 1.807) is 60.8 Å². The van der Waals surface area contributed by atoms with Crippen LogP contribution in [0, 0.1) is 0 Å². The summed E-state index contributed by atoms with van der Waals surface area (Å²) in [6, 6.07) is 9.39. The molecule has 5 rings (SSSR count). The zero-order valence-electron chi connectivity index (χ0n) is 14.7. The minimum absolute atomic E-state index is 0.0600. The molecule has 5 aromatic rings. The summed E-state index contributed by atoms with van der Waals surface area (Å²) in [4.78, 5) is 8.30. The predicted octanol–water partition coefficient (Wildman–Crippen LogP) is 4.31. The molecule has 0 atom stereocenters. The van der Waals surface area contributed by atoms with E-state index >= 15 is 8.78 Å². The molecule has 0 saturated carbocycles. The lowest BCUT2D eigenvalue weighted by atomic mass is 10.0. The first kappa shape index (κ1) is 16.5. The molecule has 28 heavy (non-hydrogen) atoms. The molecule has 0 aliphatic heterocycles. The number of alkyl halides is 2. The maximum atomic E-state index is 15.3. The Morgan fingerprint density at radius 3 is 2.75 bits per heavy atom. The van der Waals surface area contributed by atoms with E-state index in [2.05, 4.69) is 20.2 Å². The van der Waals surface area contributed by atoms with E-state index in [-0.39, 0.29) is 16.7 Å². The highest BCUT2D eigenvalue weighted by molar-refractivity contribution is 5.83. The van der Waals surface area contributed by atoms with Crippen molar-refractivity contribution in [2.75, 3.05) is 0 Å². The third-order valence-corrected chi connectivity index (χ3v) is 4.63. The summed E-state index contributed by atoms with van der Waals surface area (Å²) in [6.45, 7) is 0. The van der Waals surface area contributed by atoms with Gasteiger partial charge >= 0.3 is 5.92 Å². The monoisotopic (exact) mass is 377 g/mol. The van der Waals surface area contributed by atoms with Crippen LogP contribution in [0.5, 0.6) is 0 Å². The molecule has 8 heteroatoms. The van der Waals surface area contributed by atoms with Crippen LogP contribution in [0.25, 0.3) is 33.1 Å². The summed E-state index contributed by atoms with van der Waals surface area (Å²) in [5.74, 6) is -3.36. The van der Waals surface area contributed by atoms with Crippen LogP contribution in [0.2, 0.25) is 0 Å². The lowest BCUT2D eigenvalue weighted by Crippen LogP contribution is -2.16. The Labute approximate surface area is 157 Å². The molecule has 138 valence electrons. The number of hydrogen-bond acceptors (Lipinski definition) is 5. The van der Waals surface area contributed by atoms with Crippen LogP contribution in [0.15, 0.2) is 65.7 Å². The summed E-state index contributed by atoms with van der Waals surface area (Å²) in [5.41, 5.74) is 1.48. The second kappa shape index (κ2) is 5.91. The van der Waals surface area contributed by atoms with Crippen molar-refractivity contribution in [1.82, 2.24) is 24.9 Å². The average Bonchev–Trinajstić information content (AvgIpc) is 3.33. The molecule has 0 bridgehead atoms. The molecule has 6 nitrogen and oxygen atoms in total. The van der Waals surface area contributed by atoms with Gasteiger partial charge in [-0.15, -0.1) is 0 Å². The highest BCUT2D eigenvalue weighted by Gasteiger charge is 2.40. The Bertz CT molecular complexity index is 1320. The fourth-order valence-electron chi connectivity index (χ4n) is 3.19. The van der Waals surface area contributed by atoms with Crippen LogP contribution >= 0.6 is 0 Å². The molecule has 0 aliphatic rings. The minimum Gasteiger partial charge on any atom is -0.335 e. The number of nitrogens with zero attached hydrogens (tertiary/aromatic N) is 5. The molecule has 4 aromatic heterocycles. The van der Waals surface area contributed by atoms with Gasteiger partial charge in [0.15, 0.2) is 5.69 Å². The second-order valence-corrected chi connectivity index (χ2v) is 6.50. The number of benzene rings is 1. The smallest absolute Gasteiger partial charge is 0.319 e. The van der Waals surface area contributed by atoms with E-state index in [4.69, 9.17) is 4.52 Å². The van der Waals surface area contributed by atoms with Crippen molar-refractivity contribution < 1.29 is 13.3 Å². The molecule has 1 aromatic carbocycles. The normalized spacial score (nSPS) is 12.1. The zero-order chi connectivity index (χ0) is 19.3. The molecule has 0 aliphatic carbocycles. The van der Waals surface area contributed by atoms with E-state index in [0.29, 0.717) is 16.5 Å². The Balaban J connectivity index is 1.65. The van der Waals surface area contributed by atoms with Crippen LogP contribution < -0.4 is 0 Å². The fourth-order valence-corrected chi connectivity index (χ4v) is 3.19. The van der Waals surface area contributed by atoms with Gasteiger partial charge < -0.3 is 4.52 Å². The lowest BCUT2D eigenvalue weighted by Gasteiger charge is -2.15. The van der Waals surface area contributed by atoms with Gasteiger partial charge in [-0.05, 0) is 24.3 Å². The standard InChI is InChI=1S/C20H13F2N5O/c1-27-11-14(10-25-27)13-8-16-18(26-28-19(16)24-9-13)20(21,22)15-4-5-17-12(7-15)3-2-6-23-17/h2-11H,1H3. The topological polar surface area (TPSA) is 69.6 Å². The molecule has 0 amide bonds. The van der Waals surface area contributed by atoms with E-state index in [1.165, 1.54) is 12.1 Å². The van der Waals surface area contributed by atoms with Crippen LogP contribution in [-0.2, 0) is 13.0 Å². The van der Waals surface area contributed by atoms with E-state index in [1.807, 2.05) is 0 Å². The number of aromatic nitrogens is 5. The third-order valence-electron chi connectivity index (χ3n) is 4.63. The number of fused-ring (bicyclic) bond motifs is 2. The largest absolute Gasteiger partial charge is 0.335 e. The van der Waals surface area contributed by atoms with Gasteiger partial charge in [-0.1, -0.05) is 17.3 Å².